The van der Waals surface area contributed by atoms with E-state index in [1.165, 1.54) is 0 Å². The lowest BCUT2D eigenvalue weighted by molar-refractivity contribution is 0.475. The minimum absolute atomic E-state index is 0.218. The van der Waals surface area contributed by atoms with Crippen LogP contribution in [-0.2, 0) is 0 Å². The van der Waals surface area contributed by atoms with Gasteiger partial charge in [0.1, 0.15) is 5.75 Å². The Morgan fingerprint density at radius 2 is 1.81 bits per heavy atom. The second-order valence-electron chi connectivity index (χ2n) is 4.56. The van der Waals surface area contributed by atoms with E-state index in [9.17, 15) is 5.11 Å². The van der Waals surface area contributed by atoms with Crippen LogP contribution in [0, 0.1) is 0 Å². The standard InChI is InChI=1S/C16H14N4O/c17-12-3-1-2-11(10-12)15-8-9-18-16(20-15)19-13-4-6-14(21)7-5-13/h1-10,21H,17H2,(H,18,19,20). The summed E-state index contributed by atoms with van der Waals surface area (Å²) in [6, 6.07) is 16.1. The molecule has 1 heterocycles. The van der Waals surface area contributed by atoms with Crippen LogP contribution >= 0.6 is 0 Å². The van der Waals surface area contributed by atoms with Crippen molar-refractivity contribution < 1.29 is 5.11 Å². The number of benzene rings is 2. The van der Waals surface area contributed by atoms with E-state index in [1.807, 2.05) is 30.3 Å². The monoisotopic (exact) mass is 278 g/mol. The van der Waals surface area contributed by atoms with Crippen LogP contribution in [0.4, 0.5) is 17.3 Å². The number of hydrogen-bond donors (Lipinski definition) is 3. The van der Waals surface area contributed by atoms with Crippen molar-refractivity contribution in [1.82, 2.24) is 9.97 Å². The Balaban J connectivity index is 1.88. The van der Waals surface area contributed by atoms with Crippen molar-refractivity contribution in [2.75, 3.05) is 11.1 Å². The number of aromatic nitrogens is 2. The predicted octanol–water partition coefficient (Wildman–Crippen LogP) is 3.18. The fraction of sp³-hybridized carbons (Fsp3) is 0. The van der Waals surface area contributed by atoms with Crippen LogP contribution in [0.3, 0.4) is 0 Å². The summed E-state index contributed by atoms with van der Waals surface area (Å²) < 4.78 is 0. The van der Waals surface area contributed by atoms with Gasteiger partial charge in [0, 0.05) is 23.1 Å². The molecule has 0 saturated carbocycles. The maximum absolute atomic E-state index is 9.27. The van der Waals surface area contributed by atoms with Crippen molar-refractivity contribution in [1.29, 1.82) is 0 Å². The molecule has 0 aliphatic rings. The first-order chi connectivity index (χ1) is 10.2. The van der Waals surface area contributed by atoms with Gasteiger partial charge in [-0.1, -0.05) is 12.1 Å². The molecule has 5 nitrogen and oxygen atoms in total. The van der Waals surface area contributed by atoms with Gasteiger partial charge in [-0.15, -0.1) is 0 Å². The van der Waals surface area contributed by atoms with E-state index < -0.39 is 0 Å². The molecule has 0 unspecified atom stereocenters. The third kappa shape index (κ3) is 3.09. The quantitative estimate of drug-likeness (QED) is 0.506. The number of hydrogen-bond acceptors (Lipinski definition) is 5. The highest BCUT2D eigenvalue weighted by Gasteiger charge is 2.03. The number of rotatable bonds is 3. The van der Waals surface area contributed by atoms with E-state index in [-0.39, 0.29) is 5.75 Å². The molecule has 0 bridgehead atoms. The summed E-state index contributed by atoms with van der Waals surface area (Å²) in [4.78, 5) is 8.65. The zero-order valence-corrected chi connectivity index (χ0v) is 11.2. The average Bonchev–Trinajstić information content (AvgIpc) is 2.50. The first-order valence-corrected chi connectivity index (χ1v) is 6.46. The van der Waals surface area contributed by atoms with Crippen molar-refractivity contribution in [3.63, 3.8) is 0 Å². The molecular formula is C16H14N4O. The Kier molecular flexibility index (Phi) is 3.39. The van der Waals surface area contributed by atoms with Gasteiger partial charge in [-0.05, 0) is 42.5 Å². The van der Waals surface area contributed by atoms with E-state index >= 15 is 0 Å². The molecule has 3 aromatic rings. The highest BCUT2D eigenvalue weighted by Crippen LogP contribution is 2.22. The largest absolute Gasteiger partial charge is 0.508 e. The molecule has 4 N–H and O–H groups in total. The van der Waals surface area contributed by atoms with Gasteiger partial charge in [-0.2, -0.15) is 0 Å². The summed E-state index contributed by atoms with van der Waals surface area (Å²) in [5.41, 5.74) is 9.01. The van der Waals surface area contributed by atoms with Crippen LogP contribution in [0.25, 0.3) is 11.3 Å². The minimum atomic E-state index is 0.218. The zero-order chi connectivity index (χ0) is 14.7. The van der Waals surface area contributed by atoms with E-state index in [2.05, 4.69) is 15.3 Å². The molecule has 104 valence electrons. The summed E-state index contributed by atoms with van der Waals surface area (Å²) in [5.74, 6) is 0.704. The first kappa shape index (κ1) is 12.9. The zero-order valence-electron chi connectivity index (χ0n) is 11.2. The van der Waals surface area contributed by atoms with Crippen LogP contribution < -0.4 is 11.1 Å². The van der Waals surface area contributed by atoms with E-state index in [1.54, 1.807) is 30.5 Å². The van der Waals surface area contributed by atoms with Crippen molar-refractivity contribution in [2.45, 2.75) is 0 Å². The van der Waals surface area contributed by atoms with Gasteiger partial charge < -0.3 is 16.2 Å². The number of aromatic hydroxyl groups is 1. The van der Waals surface area contributed by atoms with Crippen LogP contribution in [0.5, 0.6) is 5.75 Å². The third-order valence-corrected chi connectivity index (χ3v) is 2.96. The SMILES string of the molecule is Nc1cccc(-c2ccnc(Nc3ccc(O)cc3)n2)c1. The molecule has 21 heavy (non-hydrogen) atoms. The van der Waals surface area contributed by atoms with Crippen molar-refractivity contribution >= 4 is 17.3 Å². The van der Waals surface area contributed by atoms with Gasteiger partial charge in [0.15, 0.2) is 0 Å². The van der Waals surface area contributed by atoms with Gasteiger partial charge in [-0.25, -0.2) is 9.97 Å². The number of nitrogens with two attached hydrogens (primary N) is 1. The Bertz CT molecular complexity index is 756. The Hall–Kier alpha value is -3.08. The maximum Gasteiger partial charge on any atom is 0.227 e. The summed E-state index contributed by atoms with van der Waals surface area (Å²) in [6.45, 7) is 0. The van der Waals surface area contributed by atoms with Crippen molar-refractivity contribution in [3.05, 3.63) is 60.8 Å². The van der Waals surface area contributed by atoms with Crippen molar-refractivity contribution in [2.24, 2.45) is 0 Å². The van der Waals surface area contributed by atoms with Gasteiger partial charge in [0.2, 0.25) is 5.95 Å². The lowest BCUT2D eigenvalue weighted by atomic mass is 10.1. The van der Waals surface area contributed by atoms with E-state index in [0.29, 0.717) is 11.6 Å². The summed E-state index contributed by atoms with van der Waals surface area (Å²) in [6.07, 6.45) is 1.69. The van der Waals surface area contributed by atoms with Crippen LogP contribution in [0.2, 0.25) is 0 Å². The molecule has 0 spiro atoms. The Labute approximate surface area is 122 Å². The summed E-state index contributed by atoms with van der Waals surface area (Å²) >= 11 is 0. The minimum Gasteiger partial charge on any atom is -0.508 e. The normalized spacial score (nSPS) is 10.3. The molecule has 2 aromatic carbocycles. The van der Waals surface area contributed by atoms with E-state index in [4.69, 9.17) is 5.73 Å². The summed E-state index contributed by atoms with van der Waals surface area (Å²) in [5, 5.41) is 12.4. The number of nitrogens with zero attached hydrogens (tertiary/aromatic N) is 2. The van der Waals surface area contributed by atoms with E-state index in [0.717, 1.165) is 16.9 Å². The number of phenolic OH excluding ortho intramolecular Hbond substituents is 1. The lowest BCUT2D eigenvalue weighted by Gasteiger charge is -2.07. The van der Waals surface area contributed by atoms with Crippen LogP contribution in [0.15, 0.2) is 60.8 Å². The predicted molar refractivity (Wildman–Crippen MR) is 83.3 cm³/mol. The smallest absolute Gasteiger partial charge is 0.227 e. The molecule has 0 aliphatic heterocycles. The number of anilines is 3. The van der Waals surface area contributed by atoms with Gasteiger partial charge in [-0.3, -0.25) is 0 Å². The highest BCUT2D eigenvalue weighted by atomic mass is 16.3. The molecule has 0 atom stereocenters. The molecule has 1 aromatic heterocycles. The average molecular weight is 278 g/mol. The molecule has 5 heteroatoms. The number of nitrogens with one attached hydrogen (secondary N) is 1. The van der Waals surface area contributed by atoms with Gasteiger partial charge in [0.05, 0.1) is 5.69 Å². The fourth-order valence-corrected chi connectivity index (χ4v) is 1.95. The fourth-order valence-electron chi connectivity index (χ4n) is 1.95. The highest BCUT2D eigenvalue weighted by molar-refractivity contribution is 5.65. The molecule has 0 saturated heterocycles. The second kappa shape index (κ2) is 5.50. The van der Waals surface area contributed by atoms with Gasteiger partial charge >= 0.3 is 0 Å². The second-order valence-corrected chi connectivity index (χ2v) is 4.56. The summed E-state index contributed by atoms with van der Waals surface area (Å²) in [7, 11) is 0. The Morgan fingerprint density at radius 1 is 1.00 bits per heavy atom. The topological polar surface area (TPSA) is 84.1 Å². The molecule has 0 amide bonds. The maximum atomic E-state index is 9.27. The number of phenols is 1. The molecule has 0 aliphatic carbocycles. The molecule has 0 radical (unpaired) electrons. The molecule has 0 fully saturated rings. The Morgan fingerprint density at radius 3 is 2.57 bits per heavy atom. The van der Waals surface area contributed by atoms with Gasteiger partial charge in [0.25, 0.3) is 0 Å². The van der Waals surface area contributed by atoms with Crippen LogP contribution in [0.1, 0.15) is 0 Å². The molecule has 3 rings (SSSR count). The molecular weight excluding hydrogens is 264 g/mol. The number of nitrogen functional groups attached to an aromatic ring is 1. The van der Waals surface area contributed by atoms with Crippen LogP contribution in [-0.4, -0.2) is 15.1 Å². The third-order valence-electron chi connectivity index (χ3n) is 2.96. The lowest BCUT2D eigenvalue weighted by Crippen LogP contribution is -1.97. The van der Waals surface area contributed by atoms with Crippen molar-refractivity contribution in [3.8, 4) is 17.0 Å². The first-order valence-electron chi connectivity index (χ1n) is 6.46.